The number of rotatable bonds is 8. The highest BCUT2D eigenvalue weighted by atomic mass is 35.5. The van der Waals surface area contributed by atoms with Gasteiger partial charge in [-0.2, -0.15) is 4.31 Å². The average Bonchev–Trinajstić information content (AvgIpc) is 2.66. The third kappa shape index (κ3) is 5.88. The zero-order valence-corrected chi connectivity index (χ0v) is 18.4. The lowest BCUT2D eigenvalue weighted by molar-refractivity contribution is -0.122. The number of carbonyl (C=O) groups excluding carboxylic acids is 2. The molecule has 1 amide bonds. The molecule has 29 heavy (non-hydrogen) atoms. The Kier molecular flexibility index (Phi) is 7.57. The molecule has 0 saturated heterocycles. The summed E-state index contributed by atoms with van der Waals surface area (Å²) >= 11 is 5.93. The Labute approximate surface area is 176 Å². The SMILES string of the molecule is CC(=O)c1ccc(S(=O)(=O)N(C)CC(=O)N[C@H](c2ccc(Cl)cc2)C(C)C)cc1. The molecule has 0 unspecified atom stereocenters. The molecule has 1 atom stereocenters. The van der Waals surface area contributed by atoms with E-state index in [0.29, 0.717) is 10.6 Å². The molecule has 0 spiro atoms. The Morgan fingerprint density at radius 1 is 1.03 bits per heavy atom. The molecule has 0 saturated carbocycles. The van der Waals surface area contributed by atoms with Crippen LogP contribution in [0.25, 0.3) is 0 Å². The Hall–Kier alpha value is -2.22. The van der Waals surface area contributed by atoms with Crippen molar-refractivity contribution >= 4 is 33.3 Å². The first-order chi connectivity index (χ1) is 13.5. The van der Waals surface area contributed by atoms with Crippen molar-refractivity contribution in [1.29, 1.82) is 0 Å². The van der Waals surface area contributed by atoms with E-state index in [1.54, 1.807) is 12.1 Å². The van der Waals surface area contributed by atoms with Crippen LogP contribution in [0.15, 0.2) is 53.4 Å². The molecule has 2 aromatic carbocycles. The van der Waals surface area contributed by atoms with Crippen molar-refractivity contribution in [1.82, 2.24) is 9.62 Å². The van der Waals surface area contributed by atoms with Gasteiger partial charge >= 0.3 is 0 Å². The monoisotopic (exact) mass is 436 g/mol. The zero-order valence-electron chi connectivity index (χ0n) is 16.8. The van der Waals surface area contributed by atoms with Crippen molar-refractivity contribution in [3.8, 4) is 0 Å². The summed E-state index contributed by atoms with van der Waals surface area (Å²) in [5.74, 6) is -0.463. The molecule has 156 valence electrons. The number of amides is 1. The highest BCUT2D eigenvalue weighted by molar-refractivity contribution is 7.89. The molecule has 8 heteroatoms. The maximum absolute atomic E-state index is 12.7. The Morgan fingerprint density at radius 2 is 1.59 bits per heavy atom. The maximum atomic E-state index is 12.7. The number of sulfonamides is 1. The van der Waals surface area contributed by atoms with Crippen molar-refractivity contribution < 1.29 is 18.0 Å². The second-order valence-electron chi connectivity index (χ2n) is 7.18. The van der Waals surface area contributed by atoms with E-state index in [4.69, 9.17) is 11.6 Å². The zero-order chi connectivity index (χ0) is 21.8. The summed E-state index contributed by atoms with van der Waals surface area (Å²) < 4.78 is 26.4. The van der Waals surface area contributed by atoms with Gasteiger partial charge in [-0.25, -0.2) is 8.42 Å². The largest absolute Gasteiger partial charge is 0.348 e. The summed E-state index contributed by atoms with van der Waals surface area (Å²) in [5, 5.41) is 3.50. The summed E-state index contributed by atoms with van der Waals surface area (Å²) in [5.41, 5.74) is 1.31. The van der Waals surface area contributed by atoms with Gasteiger partial charge in [0, 0.05) is 17.6 Å². The smallest absolute Gasteiger partial charge is 0.243 e. The van der Waals surface area contributed by atoms with Crippen molar-refractivity contribution in [2.24, 2.45) is 5.92 Å². The lowest BCUT2D eigenvalue weighted by Crippen LogP contribution is -2.41. The van der Waals surface area contributed by atoms with E-state index in [-0.39, 0.29) is 29.2 Å². The minimum Gasteiger partial charge on any atom is -0.348 e. The molecule has 0 aliphatic heterocycles. The Bertz CT molecular complexity index is 971. The van der Waals surface area contributed by atoms with Gasteiger partial charge in [-0.3, -0.25) is 9.59 Å². The molecule has 0 aliphatic rings. The van der Waals surface area contributed by atoms with Gasteiger partial charge in [0.1, 0.15) is 0 Å². The van der Waals surface area contributed by atoms with Crippen LogP contribution in [-0.4, -0.2) is 38.0 Å². The average molecular weight is 437 g/mol. The number of halogens is 1. The number of nitrogens with one attached hydrogen (secondary N) is 1. The van der Waals surface area contributed by atoms with E-state index in [2.05, 4.69) is 5.32 Å². The normalized spacial score (nSPS) is 12.8. The third-order valence-electron chi connectivity index (χ3n) is 4.55. The van der Waals surface area contributed by atoms with Crippen LogP contribution in [0.4, 0.5) is 0 Å². The standard InChI is InChI=1S/C21H25ClN2O4S/c1-14(2)21(17-5-9-18(22)10-6-17)23-20(26)13-24(4)29(27,28)19-11-7-16(8-12-19)15(3)25/h5-12,14,21H,13H2,1-4H3,(H,23,26)/t21-/m0/s1. The van der Waals surface area contributed by atoms with Crippen LogP contribution < -0.4 is 5.32 Å². The van der Waals surface area contributed by atoms with Crippen LogP contribution >= 0.6 is 11.6 Å². The quantitative estimate of drug-likeness (QED) is 0.640. The molecule has 0 bridgehead atoms. The lowest BCUT2D eigenvalue weighted by atomic mass is 9.96. The number of carbonyl (C=O) groups is 2. The molecule has 0 fully saturated rings. The first kappa shape index (κ1) is 23.1. The summed E-state index contributed by atoms with van der Waals surface area (Å²) in [7, 11) is -2.51. The molecule has 0 radical (unpaired) electrons. The van der Waals surface area contributed by atoms with Crippen LogP contribution in [0.2, 0.25) is 5.02 Å². The summed E-state index contributed by atoms with van der Waals surface area (Å²) in [6.45, 7) is 5.02. The van der Waals surface area contributed by atoms with Crippen LogP contribution in [0.1, 0.15) is 42.7 Å². The van der Waals surface area contributed by atoms with E-state index in [0.717, 1.165) is 9.87 Å². The highest BCUT2D eigenvalue weighted by Gasteiger charge is 2.25. The van der Waals surface area contributed by atoms with Crippen molar-refractivity contribution in [2.45, 2.75) is 31.7 Å². The van der Waals surface area contributed by atoms with E-state index in [9.17, 15) is 18.0 Å². The molecule has 6 nitrogen and oxygen atoms in total. The Morgan fingerprint density at radius 3 is 2.07 bits per heavy atom. The fourth-order valence-electron chi connectivity index (χ4n) is 2.85. The predicted molar refractivity (Wildman–Crippen MR) is 113 cm³/mol. The number of hydrogen-bond donors (Lipinski definition) is 1. The van der Waals surface area contributed by atoms with Crippen LogP contribution in [0.3, 0.4) is 0 Å². The fourth-order valence-corrected chi connectivity index (χ4v) is 4.11. The number of benzene rings is 2. The minimum absolute atomic E-state index is 0.0240. The molecular weight excluding hydrogens is 412 g/mol. The first-order valence-corrected chi connectivity index (χ1v) is 11.0. The molecular formula is C21H25ClN2O4S. The number of nitrogens with zero attached hydrogens (tertiary/aromatic N) is 1. The van der Waals surface area contributed by atoms with Gasteiger partial charge in [0.15, 0.2) is 5.78 Å². The Balaban J connectivity index is 2.11. The van der Waals surface area contributed by atoms with Crippen LogP contribution in [0, 0.1) is 5.92 Å². The van der Waals surface area contributed by atoms with Crippen molar-refractivity contribution in [3.05, 3.63) is 64.7 Å². The lowest BCUT2D eigenvalue weighted by Gasteiger charge is -2.24. The van der Waals surface area contributed by atoms with E-state index in [1.807, 2.05) is 26.0 Å². The molecule has 1 N–H and O–H groups in total. The summed E-state index contributed by atoms with van der Waals surface area (Å²) in [4.78, 5) is 23.9. The summed E-state index contributed by atoms with van der Waals surface area (Å²) in [6, 6.07) is 12.5. The van der Waals surface area contributed by atoms with Gasteiger partial charge in [-0.05, 0) is 42.7 Å². The minimum atomic E-state index is -3.86. The van der Waals surface area contributed by atoms with Gasteiger partial charge < -0.3 is 5.32 Å². The van der Waals surface area contributed by atoms with E-state index in [1.165, 1.54) is 38.2 Å². The van der Waals surface area contributed by atoms with Gasteiger partial charge in [-0.1, -0.05) is 49.7 Å². The number of Topliss-reactive ketones (excluding diaryl/α,β-unsaturated/α-hetero) is 1. The summed E-state index contributed by atoms with van der Waals surface area (Å²) in [6.07, 6.45) is 0. The molecule has 0 aliphatic carbocycles. The number of ketones is 1. The molecule has 0 aromatic heterocycles. The predicted octanol–water partition coefficient (Wildman–Crippen LogP) is 3.68. The van der Waals surface area contributed by atoms with Crippen molar-refractivity contribution in [2.75, 3.05) is 13.6 Å². The first-order valence-electron chi connectivity index (χ1n) is 9.14. The van der Waals surface area contributed by atoms with Crippen molar-refractivity contribution in [3.63, 3.8) is 0 Å². The topological polar surface area (TPSA) is 83.6 Å². The fraction of sp³-hybridized carbons (Fsp3) is 0.333. The van der Waals surface area contributed by atoms with Gasteiger partial charge in [0.25, 0.3) is 0 Å². The molecule has 0 heterocycles. The van der Waals surface area contributed by atoms with Gasteiger partial charge in [0.2, 0.25) is 15.9 Å². The number of hydrogen-bond acceptors (Lipinski definition) is 4. The second kappa shape index (κ2) is 9.52. The van der Waals surface area contributed by atoms with Crippen LogP contribution in [-0.2, 0) is 14.8 Å². The third-order valence-corrected chi connectivity index (χ3v) is 6.62. The maximum Gasteiger partial charge on any atom is 0.243 e. The second-order valence-corrected chi connectivity index (χ2v) is 9.66. The van der Waals surface area contributed by atoms with E-state index >= 15 is 0 Å². The number of likely N-dealkylation sites (N-methyl/N-ethyl adjacent to an activating group) is 1. The highest BCUT2D eigenvalue weighted by Crippen LogP contribution is 2.23. The van der Waals surface area contributed by atoms with E-state index < -0.39 is 15.9 Å². The van der Waals surface area contributed by atoms with Gasteiger partial charge in [0.05, 0.1) is 17.5 Å². The van der Waals surface area contributed by atoms with Gasteiger partial charge in [-0.15, -0.1) is 0 Å². The van der Waals surface area contributed by atoms with Crippen LogP contribution in [0.5, 0.6) is 0 Å². The molecule has 2 rings (SSSR count). The molecule has 2 aromatic rings.